The molecule has 1 atom stereocenters. The molecular weight excluding hydrogens is 276 g/mol. The average Bonchev–Trinajstić information content (AvgIpc) is 3.00. The van der Waals surface area contributed by atoms with E-state index < -0.39 is 6.10 Å². The Hall–Kier alpha value is -1.78. The van der Waals surface area contributed by atoms with E-state index in [1.165, 1.54) is 0 Å². The van der Waals surface area contributed by atoms with Crippen molar-refractivity contribution in [3.63, 3.8) is 0 Å². The van der Waals surface area contributed by atoms with Crippen molar-refractivity contribution in [2.24, 2.45) is 7.05 Å². The predicted octanol–water partition coefficient (Wildman–Crippen LogP) is 3.46. The highest BCUT2D eigenvalue weighted by Crippen LogP contribution is 2.29. The number of halogens is 1. The monoisotopic (exact) mass is 290 g/mol. The number of furan rings is 1. The van der Waals surface area contributed by atoms with Gasteiger partial charge in [0.05, 0.1) is 11.4 Å². The smallest absolute Gasteiger partial charge is 0.153 e. The van der Waals surface area contributed by atoms with E-state index in [9.17, 15) is 5.11 Å². The van der Waals surface area contributed by atoms with Crippen LogP contribution in [-0.2, 0) is 13.5 Å². The lowest BCUT2D eigenvalue weighted by molar-refractivity contribution is 0.183. The van der Waals surface area contributed by atoms with Gasteiger partial charge in [-0.1, -0.05) is 18.5 Å². The van der Waals surface area contributed by atoms with Crippen molar-refractivity contribution in [1.29, 1.82) is 0 Å². The number of aryl methyl sites for hydroxylation is 2. The standard InChI is InChI=1S/C15H15ClN2O2/c1-3-11-8-12(18(2)17-11)15(19)14-7-9-6-10(16)4-5-13(9)20-14/h4-8,15,19H,3H2,1-2H3. The van der Waals surface area contributed by atoms with E-state index in [0.717, 1.165) is 17.5 Å². The zero-order valence-corrected chi connectivity index (χ0v) is 12.1. The number of nitrogens with zero attached hydrogens (tertiary/aromatic N) is 2. The second-order valence-corrected chi connectivity index (χ2v) is 5.21. The van der Waals surface area contributed by atoms with Gasteiger partial charge in [0, 0.05) is 17.5 Å². The summed E-state index contributed by atoms with van der Waals surface area (Å²) < 4.78 is 7.37. The van der Waals surface area contributed by atoms with Crippen LogP contribution < -0.4 is 0 Å². The maximum absolute atomic E-state index is 10.5. The molecule has 0 aliphatic rings. The molecule has 1 N–H and O–H groups in total. The van der Waals surface area contributed by atoms with Gasteiger partial charge in [0.15, 0.2) is 6.10 Å². The van der Waals surface area contributed by atoms with Crippen molar-refractivity contribution in [2.75, 3.05) is 0 Å². The van der Waals surface area contributed by atoms with Gasteiger partial charge >= 0.3 is 0 Å². The van der Waals surface area contributed by atoms with Crippen LogP contribution in [0, 0.1) is 0 Å². The number of rotatable bonds is 3. The summed E-state index contributed by atoms with van der Waals surface area (Å²) in [4.78, 5) is 0. The normalized spacial score (nSPS) is 13.0. The lowest BCUT2D eigenvalue weighted by Crippen LogP contribution is -2.05. The fraction of sp³-hybridized carbons (Fsp3) is 0.267. The van der Waals surface area contributed by atoms with E-state index in [1.807, 2.05) is 32.2 Å². The fourth-order valence-electron chi connectivity index (χ4n) is 2.29. The Bertz CT molecular complexity index is 760. The third-order valence-electron chi connectivity index (χ3n) is 3.38. The first-order chi connectivity index (χ1) is 9.58. The first kappa shape index (κ1) is 13.2. The van der Waals surface area contributed by atoms with Gasteiger partial charge in [-0.05, 0) is 36.8 Å². The van der Waals surface area contributed by atoms with Crippen molar-refractivity contribution < 1.29 is 9.52 Å². The first-order valence-corrected chi connectivity index (χ1v) is 6.86. The fourth-order valence-corrected chi connectivity index (χ4v) is 2.47. The van der Waals surface area contributed by atoms with Crippen LogP contribution in [0.2, 0.25) is 5.02 Å². The number of aliphatic hydroxyl groups excluding tert-OH is 1. The molecule has 1 unspecified atom stereocenters. The van der Waals surface area contributed by atoms with E-state index in [-0.39, 0.29) is 0 Å². The predicted molar refractivity (Wildman–Crippen MR) is 77.9 cm³/mol. The van der Waals surface area contributed by atoms with E-state index in [4.69, 9.17) is 16.0 Å². The third-order valence-corrected chi connectivity index (χ3v) is 3.61. The summed E-state index contributed by atoms with van der Waals surface area (Å²) >= 11 is 5.95. The van der Waals surface area contributed by atoms with Gasteiger partial charge in [0.25, 0.3) is 0 Å². The molecule has 0 saturated carbocycles. The number of hydrogen-bond donors (Lipinski definition) is 1. The minimum atomic E-state index is -0.834. The Morgan fingerprint density at radius 3 is 2.85 bits per heavy atom. The van der Waals surface area contributed by atoms with Crippen molar-refractivity contribution in [3.8, 4) is 0 Å². The van der Waals surface area contributed by atoms with Crippen molar-refractivity contribution >= 4 is 22.6 Å². The number of hydrogen-bond acceptors (Lipinski definition) is 3. The maximum atomic E-state index is 10.5. The summed E-state index contributed by atoms with van der Waals surface area (Å²) in [6.45, 7) is 2.03. The molecular formula is C15H15ClN2O2. The maximum Gasteiger partial charge on any atom is 0.153 e. The van der Waals surface area contributed by atoms with Gasteiger partial charge in [0.2, 0.25) is 0 Å². The largest absolute Gasteiger partial charge is 0.458 e. The quantitative estimate of drug-likeness (QED) is 0.803. The van der Waals surface area contributed by atoms with Gasteiger partial charge in [-0.25, -0.2) is 0 Å². The van der Waals surface area contributed by atoms with Crippen LogP contribution in [0.1, 0.15) is 30.2 Å². The van der Waals surface area contributed by atoms with Crippen LogP contribution in [0.25, 0.3) is 11.0 Å². The molecule has 2 heterocycles. The Morgan fingerprint density at radius 1 is 1.35 bits per heavy atom. The topological polar surface area (TPSA) is 51.2 Å². The minimum absolute atomic E-state index is 0.493. The van der Waals surface area contributed by atoms with Crippen LogP contribution in [0.15, 0.2) is 34.7 Å². The van der Waals surface area contributed by atoms with Gasteiger partial charge in [-0.15, -0.1) is 0 Å². The van der Waals surface area contributed by atoms with Crippen LogP contribution in [-0.4, -0.2) is 14.9 Å². The Labute approximate surface area is 121 Å². The lowest BCUT2D eigenvalue weighted by Gasteiger charge is -2.07. The van der Waals surface area contributed by atoms with Gasteiger partial charge in [0.1, 0.15) is 11.3 Å². The van der Waals surface area contributed by atoms with E-state index in [2.05, 4.69) is 5.10 Å². The van der Waals surface area contributed by atoms with Crippen LogP contribution in [0.3, 0.4) is 0 Å². The minimum Gasteiger partial charge on any atom is -0.458 e. The Morgan fingerprint density at radius 2 is 2.15 bits per heavy atom. The van der Waals surface area contributed by atoms with Crippen LogP contribution >= 0.6 is 11.6 Å². The third kappa shape index (κ3) is 2.21. The number of aromatic nitrogens is 2. The van der Waals surface area contributed by atoms with Gasteiger partial charge in [-0.3, -0.25) is 4.68 Å². The molecule has 3 rings (SSSR count). The van der Waals surface area contributed by atoms with Gasteiger partial charge in [-0.2, -0.15) is 5.10 Å². The molecule has 0 aliphatic heterocycles. The molecule has 3 aromatic rings. The highest BCUT2D eigenvalue weighted by Gasteiger charge is 2.20. The van der Waals surface area contributed by atoms with Crippen molar-refractivity contribution in [2.45, 2.75) is 19.4 Å². The Balaban J connectivity index is 2.02. The summed E-state index contributed by atoms with van der Waals surface area (Å²) in [5.74, 6) is 0.493. The Kier molecular flexibility index (Phi) is 3.28. The second-order valence-electron chi connectivity index (χ2n) is 4.77. The highest BCUT2D eigenvalue weighted by atomic mass is 35.5. The molecule has 0 aliphatic carbocycles. The number of aliphatic hydroxyl groups is 1. The molecule has 0 fully saturated rings. The zero-order valence-electron chi connectivity index (χ0n) is 11.3. The summed E-state index contributed by atoms with van der Waals surface area (Å²) in [6, 6.07) is 9.09. The second kappa shape index (κ2) is 4.96. The summed E-state index contributed by atoms with van der Waals surface area (Å²) in [5, 5.41) is 16.3. The molecule has 0 radical (unpaired) electrons. The van der Waals surface area contributed by atoms with Crippen LogP contribution in [0.4, 0.5) is 0 Å². The van der Waals surface area contributed by atoms with E-state index in [1.54, 1.807) is 16.8 Å². The van der Waals surface area contributed by atoms with E-state index in [0.29, 0.717) is 22.1 Å². The highest BCUT2D eigenvalue weighted by molar-refractivity contribution is 6.31. The average molecular weight is 291 g/mol. The molecule has 104 valence electrons. The summed E-state index contributed by atoms with van der Waals surface area (Å²) in [5.41, 5.74) is 2.37. The molecule has 1 aromatic carbocycles. The molecule has 5 heteroatoms. The molecule has 20 heavy (non-hydrogen) atoms. The summed E-state index contributed by atoms with van der Waals surface area (Å²) in [7, 11) is 1.82. The zero-order chi connectivity index (χ0) is 14.3. The number of fused-ring (bicyclic) bond motifs is 1. The van der Waals surface area contributed by atoms with E-state index >= 15 is 0 Å². The lowest BCUT2D eigenvalue weighted by atomic mass is 10.1. The molecule has 0 spiro atoms. The first-order valence-electron chi connectivity index (χ1n) is 6.48. The molecule has 4 nitrogen and oxygen atoms in total. The number of benzene rings is 1. The SMILES string of the molecule is CCc1cc(C(O)c2cc3cc(Cl)ccc3o2)n(C)n1. The van der Waals surface area contributed by atoms with Crippen molar-refractivity contribution in [3.05, 3.63) is 52.5 Å². The molecule has 0 bridgehead atoms. The van der Waals surface area contributed by atoms with Crippen molar-refractivity contribution in [1.82, 2.24) is 9.78 Å². The molecule has 0 saturated heterocycles. The summed E-state index contributed by atoms with van der Waals surface area (Å²) in [6.07, 6.45) is -0.00462. The molecule has 2 aromatic heterocycles. The van der Waals surface area contributed by atoms with Crippen LogP contribution in [0.5, 0.6) is 0 Å². The van der Waals surface area contributed by atoms with Gasteiger partial charge < -0.3 is 9.52 Å². The molecule has 0 amide bonds.